The van der Waals surface area contributed by atoms with Gasteiger partial charge in [-0.3, -0.25) is 9.69 Å². The van der Waals surface area contributed by atoms with Crippen molar-refractivity contribution in [2.24, 2.45) is 5.92 Å². The molecule has 1 saturated heterocycles. The molecule has 29 heavy (non-hydrogen) atoms. The Hall–Kier alpha value is -2.74. The number of aromatic nitrogens is 3. The lowest BCUT2D eigenvalue weighted by Gasteiger charge is -2.32. The molecule has 4 rings (SSSR count). The first kappa shape index (κ1) is 19.6. The van der Waals surface area contributed by atoms with Crippen molar-refractivity contribution in [2.75, 3.05) is 19.6 Å². The topological polar surface area (TPSA) is 72.1 Å². The van der Waals surface area contributed by atoms with Gasteiger partial charge < -0.3 is 4.42 Å². The quantitative estimate of drug-likeness (QED) is 0.627. The van der Waals surface area contributed by atoms with Gasteiger partial charge in [-0.25, -0.2) is 13.8 Å². The van der Waals surface area contributed by atoms with Crippen LogP contribution in [0.3, 0.4) is 0 Å². The normalized spacial score (nSPS) is 16.4. The third-order valence-electron chi connectivity index (χ3n) is 5.25. The average Bonchev–Trinajstić information content (AvgIpc) is 3.21. The molecule has 3 heterocycles. The molecule has 3 aromatic rings. The van der Waals surface area contributed by atoms with E-state index in [9.17, 15) is 13.6 Å². The molecule has 0 unspecified atom stereocenters. The zero-order chi connectivity index (χ0) is 20.4. The Morgan fingerprint density at radius 3 is 2.72 bits per heavy atom. The Morgan fingerprint density at radius 1 is 1.24 bits per heavy atom. The fraction of sp³-hybridized carbons (Fsp3) is 0.429. The number of hydrogen-bond acceptors (Lipinski definition) is 6. The summed E-state index contributed by atoms with van der Waals surface area (Å²) in [7, 11) is 0. The molecule has 1 aromatic carbocycles. The van der Waals surface area contributed by atoms with Gasteiger partial charge in [0.1, 0.15) is 5.78 Å². The summed E-state index contributed by atoms with van der Waals surface area (Å²) in [5.74, 6) is -2.07. The van der Waals surface area contributed by atoms with Crippen LogP contribution in [0.2, 0.25) is 0 Å². The molecule has 8 heteroatoms. The molecule has 0 saturated carbocycles. The van der Waals surface area contributed by atoms with Gasteiger partial charge >= 0.3 is 0 Å². The van der Waals surface area contributed by atoms with Crippen LogP contribution < -0.4 is 0 Å². The first-order valence-electron chi connectivity index (χ1n) is 9.65. The molecular weight excluding hydrogens is 378 g/mol. The maximum absolute atomic E-state index is 13.2. The largest absolute Gasteiger partial charge is 0.444 e. The minimum atomic E-state index is -2.71. The highest BCUT2D eigenvalue weighted by atomic mass is 19.3. The third-order valence-corrected chi connectivity index (χ3v) is 5.25. The molecular formula is C21H22F2N4O2. The highest BCUT2D eigenvalue weighted by Crippen LogP contribution is 2.25. The van der Waals surface area contributed by atoms with E-state index < -0.39 is 5.92 Å². The number of halogens is 2. The standard InChI is InChI=1S/C21H22F2N4O2/c1-21(22,23)12-27-6-4-14(5-7-27)19(28)10-17-9-16-8-15(20-11-24-13-29-20)2-3-18(16)26-25-17/h2-3,8-9,11,13-14H,4-7,10,12H2,1H3. The second-order valence-corrected chi connectivity index (χ2v) is 7.74. The van der Waals surface area contributed by atoms with Crippen LogP contribution in [0.1, 0.15) is 25.5 Å². The Morgan fingerprint density at radius 2 is 2.03 bits per heavy atom. The monoisotopic (exact) mass is 400 g/mol. The van der Waals surface area contributed by atoms with Crippen LogP contribution in [0.4, 0.5) is 8.78 Å². The van der Waals surface area contributed by atoms with Crippen molar-refractivity contribution in [3.8, 4) is 11.3 Å². The fourth-order valence-electron chi connectivity index (χ4n) is 3.81. The van der Waals surface area contributed by atoms with Crippen molar-refractivity contribution >= 4 is 16.7 Å². The van der Waals surface area contributed by atoms with Crippen molar-refractivity contribution in [2.45, 2.75) is 32.1 Å². The second-order valence-electron chi connectivity index (χ2n) is 7.74. The van der Waals surface area contributed by atoms with E-state index in [0.717, 1.165) is 23.4 Å². The Kier molecular flexibility index (Phi) is 5.36. The summed E-state index contributed by atoms with van der Waals surface area (Å²) in [5.41, 5.74) is 2.22. The van der Waals surface area contributed by atoms with Crippen molar-refractivity contribution in [3.05, 3.63) is 42.5 Å². The van der Waals surface area contributed by atoms with Gasteiger partial charge in [0, 0.05) is 23.8 Å². The van der Waals surface area contributed by atoms with Crippen LogP contribution >= 0.6 is 0 Å². The number of piperidine rings is 1. The lowest BCUT2D eigenvalue weighted by molar-refractivity contribution is -0.124. The van der Waals surface area contributed by atoms with Gasteiger partial charge in [-0.1, -0.05) is 0 Å². The lowest BCUT2D eigenvalue weighted by Crippen LogP contribution is -2.42. The minimum absolute atomic E-state index is 0.0907. The number of nitrogens with zero attached hydrogens (tertiary/aromatic N) is 4. The average molecular weight is 400 g/mol. The zero-order valence-corrected chi connectivity index (χ0v) is 16.1. The van der Waals surface area contributed by atoms with E-state index >= 15 is 0 Å². The number of ketones is 1. The number of carbonyl (C=O) groups excluding carboxylic acids is 1. The number of hydrogen-bond donors (Lipinski definition) is 0. The Labute approximate surface area is 166 Å². The maximum Gasteiger partial charge on any atom is 0.257 e. The number of benzene rings is 1. The molecule has 0 atom stereocenters. The molecule has 1 aliphatic rings. The van der Waals surface area contributed by atoms with Gasteiger partial charge in [-0.15, -0.1) is 0 Å². The van der Waals surface area contributed by atoms with Gasteiger partial charge in [0.05, 0.1) is 30.4 Å². The van der Waals surface area contributed by atoms with Gasteiger partial charge in [0.2, 0.25) is 0 Å². The number of alkyl halides is 2. The fourth-order valence-corrected chi connectivity index (χ4v) is 3.81. The molecule has 0 aliphatic carbocycles. The van der Waals surface area contributed by atoms with Crippen LogP contribution in [0.5, 0.6) is 0 Å². The van der Waals surface area contributed by atoms with Crippen molar-refractivity contribution < 1.29 is 18.0 Å². The van der Waals surface area contributed by atoms with E-state index in [1.807, 2.05) is 24.3 Å². The number of Topliss-reactive ketones (excluding diaryl/α,β-unsaturated/α-hetero) is 1. The van der Waals surface area contributed by atoms with Crippen LogP contribution in [0.15, 0.2) is 41.3 Å². The Balaban J connectivity index is 1.42. The molecule has 0 spiro atoms. The molecule has 2 aromatic heterocycles. The van der Waals surface area contributed by atoms with Gasteiger partial charge in [0.15, 0.2) is 12.2 Å². The highest BCUT2D eigenvalue weighted by Gasteiger charge is 2.30. The number of rotatable bonds is 6. The highest BCUT2D eigenvalue weighted by molar-refractivity contribution is 5.86. The molecule has 0 N–H and O–H groups in total. The van der Waals surface area contributed by atoms with Crippen molar-refractivity contribution in [3.63, 3.8) is 0 Å². The second kappa shape index (κ2) is 7.94. The molecule has 0 amide bonds. The predicted octanol–water partition coefficient (Wildman–Crippen LogP) is 3.76. The van der Waals surface area contributed by atoms with E-state index in [4.69, 9.17) is 4.42 Å². The van der Waals surface area contributed by atoms with E-state index in [1.54, 1.807) is 11.1 Å². The minimum Gasteiger partial charge on any atom is -0.444 e. The van der Waals surface area contributed by atoms with Crippen LogP contribution in [0.25, 0.3) is 22.2 Å². The zero-order valence-electron chi connectivity index (χ0n) is 16.1. The Bertz CT molecular complexity index is 994. The van der Waals surface area contributed by atoms with Crippen LogP contribution in [-0.2, 0) is 11.2 Å². The van der Waals surface area contributed by atoms with E-state index in [1.165, 1.54) is 6.39 Å². The molecule has 0 bridgehead atoms. The number of likely N-dealkylation sites (tertiary alicyclic amines) is 1. The van der Waals surface area contributed by atoms with Gasteiger partial charge in [0.25, 0.3) is 5.92 Å². The van der Waals surface area contributed by atoms with Crippen molar-refractivity contribution in [1.82, 2.24) is 20.1 Å². The first-order chi connectivity index (χ1) is 13.9. The summed E-state index contributed by atoms with van der Waals surface area (Å²) in [4.78, 5) is 18.3. The first-order valence-corrected chi connectivity index (χ1v) is 9.65. The van der Waals surface area contributed by atoms with Crippen LogP contribution in [-0.4, -0.2) is 51.4 Å². The summed E-state index contributed by atoms with van der Waals surface area (Å²) < 4.78 is 31.7. The van der Waals surface area contributed by atoms with Crippen molar-refractivity contribution in [1.29, 1.82) is 0 Å². The van der Waals surface area contributed by atoms with E-state index in [2.05, 4.69) is 15.2 Å². The molecule has 6 nitrogen and oxygen atoms in total. The molecule has 0 radical (unpaired) electrons. The van der Waals surface area contributed by atoms with Crippen LogP contribution in [0, 0.1) is 5.92 Å². The van der Waals surface area contributed by atoms with E-state index in [0.29, 0.717) is 37.4 Å². The SMILES string of the molecule is CC(F)(F)CN1CCC(C(=O)Cc2cc3cc(-c4cnco4)ccc3nn2)CC1. The number of fused-ring (bicyclic) bond motifs is 1. The summed E-state index contributed by atoms with van der Waals surface area (Å²) >= 11 is 0. The number of carbonyl (C=O) groups is 1. The molecule has 152 valence electrons. The molecule has 1 aliphatic heterocycles. The number of oxazole rings is 1. The lowest BCUT2D eigenvalue weighted by atomic mass is 9.90. The van der Waals surface area contributed by atoms with Gasteiger partial charge in [-0.2, -0.15) is 10.2 Å². The van der Waals surface area contributed by atoms with Gasteiger partial charge in [-0.05, 0) is 50.2 Å². The third kappa shape index (κ3) is 4.82. The summed E-state index contributed by atoms with van der Waals surface area (Å²) in [5, 5.41) is 9.27. The summed E-state index contributed by atoms with van der Waals surface area (Å²) in [6, 6.07) is 7.54. The van der Waals surface area contributed by atoms with E-state index in [-0.39, 0.29) is 24.7 Å². The summed E-state index contributed by atoms with van der Waals surface area (Å²) in [6.07, 6.45) is 4.42. The summed E-state index contributed by atoms with van der Waals surface area (Å²) in [6.45, 7) is 1.71. The predicted molar refractivity (Wildman–Crippen MR) is 104 cm³/mol. The maximum atomic E-state index is 13.2. The molecule has 1 fully saturated rings. The smallest absolute Gasteiger partial charge is 0.257 e.